The van der Waals surface area contributed by atoms with Crippen molar-refractivity contribution >= 4 is 39.4 Å². The van der Waals surface area contributed by atoms with Gasteiger partial charge in [-0.15, -0.1) is 0 Å². The molecule has 3 N–H and O–H groups in total. The van der Waals surface area contributed by atoms with Crippen LogP contribution in [-0.4, -0.2) is 15.2 Å². The van der Waals surface area contributed by atoms with E-state index < -0.39 is 0 Å². The molecule has 16 heavy (non-hydrogen) atoms. The molecule has 2 aromatic heterocycles. The maximum Gasteiger partial charge on any atom is 0.183 e. The topological polar surface area (TPSA) is 67.6 Å². The number of hydrogen-bond acceptors (Lipinski definition) is 3. The van der Waals surface area contributed by atoms with Gasteiger partial charge in [0, 0.05) is 10.4 Å². The number of aryl methyl sites for hydroxylation is 1. The minimum atomic E-state index is 0.539. The van der Waals surface area contributed by atoms with Crippen molar-refractivity contribution in [2.45, 2.75) is 6.92 Å². The molecule has 1 aromatic carbocycles. The average molecular weight is 233 g/mol. The smallest absolute Gasteiger partial charge is 0.183 e. The number of hydrogen-bond donors (Lipinski definition) is 2. The normalized spacial score (nSPS) is 11.4. The molecule has 0 radical (unpaired) electrons. The lowest BCUT2D eigenvalue weighted by atomic mass is 10.1. The van der Waals surface area contributed by atoms with Gasteiger partial charge in [-0.2, -0.15) is 5.10 Å². The van der Waals surface area contributed by atoms with Gasteiger partial charge >= 0.3 is 0 Å². The Labute approximate surface area is 96.4 Å². The molecule has 0 saturated heterocycles. The highest BCUT2D eigenvalue weighted by molar-refractivity contribution is 6.32. The number of anilines is 1. The predicted octanol–water partition coefficient (Wildman–Crippen LogP) is 2.66. The second-order valence-electron chi connectivity index (χ2n) is 3.74. The number of benzene rings is 1. The molecule has 0 aliphatic rings. The molecule has 0 amide bonds. The monoisotopic (exact) mass is 232 g/mol. The second-order valence-corrected chi connectivity index (χ2v) is 4.15. The number of rotatable bonds is 0. The van der Waals surface area contributed by atoms with E-state index in [-0.39, 0.29) is 0 Å². The Hall–Kier alpha value is -1.81. The van der Waals surface area contributed by atoms with Gasteiger partial charge in [-0.1, -0.05) is 17.7 Å². The molecule has 3 rings (SSSR count). The van der Waals surface area contributed by atoms with E-state index >= 15 is 0 Å². The summed E-state index contributed by atoms with van der Waals surface area (Å²) in [7, 11) is 0. The number of H-pyrrole nitrogens is 1. The first kappa shape index (κ1) is 9.42. The van der Waals surface area contributed by atoms with Crippen molar-refractivity contribution in [3.8, 4) is 0 Å². The molecule has 80 valence electrons. The van der Waals surface area contributed by atoms with Gasteiger partial charge in [0.15, 0.2) is 5.65 Å². The molecule has 0 spiro atoms. The maximum atomic E-state index is 6.05. The van der Waals surface area contributed by atoms with E-state index in [4.69, 9.17) is 17.3 Å². The summed E-state index contributed by atoms with van der Waals surface area (Å²) in [5.41, 5.74) is 8.20. The number of nitrogens with one attached hydrogen (secondary N) is 1. The quantitative estimate of drug-likeness (QED) is 0.626. The zero-order valence-electron chi connectivity index (χ0n) is 8.58. The predicted molar refractivity (Wildman–Crippen MR) is 65.6 cm³/mol. The van der Waals surface area contributed by atoms with Crippen LogP contribution in [0.5, 0.6) is 0 Å². The summed E-state index contributed by atoms with van der Waals surface area (Å²) in [4.78, 5) is 4.45. The van der Waals surface area contributed by atoms with Crippen molar-refractivity contribution in [2.24, 2.45) is 0 Å². The molecule has 2 heterocycles. The van der Waals surface area contributed by atoms with Gasteiger partial charge in [0.05, 0.1) is 10.9 Å². The largest absolute Gasteiger partial charge is 0.384 e. The van der Waals surface area contributed by atoms with Crippen LogP contribution in [0.1, 0.15) is 5.56 Å². The van der Waals surface area contributed by atoms with Crippen molar-refractivity contribution in [3.05, 3.63) is 28.8 Å². The minimum Gasteiger partial charge on any atom is -0.384 e. The number of fused-ring (bicyclic) bond motifs is 2. The third-order valence-corrected chi connectivity index (χ3v) is 3.14. The van der Waals surface area contributed by atoms with Crippen LogP contribution in [-0.2, 0) is 0 Å². The average Bonchev–Trinajstić information content (AvgIpc) is 2.64. The molecule has 5 heteroatoms. The summed E-state index contributed by atoms with van der Waals surface area (Å²) in [5, 5.41) is 9.32. The third kappa shape index (κ3) is 1.17. The highest BCUT2D eigenvalue weighted by Gasteiger charge is 2.08. The highest BCUT2D eigenvalue weighted by Crippen LogP contribution is 2.27. The van der Waals surface area contributed by atoms with Gasteiger partial charge in [-0.25, -0.2) is 4.98 Å². The molecule has 0 bridgehead atoms. The van der Waals surface area contributed by atoms with Crippen molar-refractivity contribution < 1.29 is 0 Å². The maximum absolute atomic E-state index is 6.05. The van der Waals surface area contributed by atoms with E-state index in [1.54, 1.807) is 0 Å². The fourth-order valence-electron chi connectivity index (χ4n) is 1.80. The first-order valence-electron chi connectivity index (χ1n) is 4.86. The lowest BCUT2D eigenvalue weighted by Gasteiger charge is -2.03. The van der Waals surface area contributed by atoms with Gasteiger partial charge < -0.3 is 5.73 Å². The van der Waals surface area contributed by atoms with Crippen LogP contribution < -0.4 is 5.73 Å². The SMILES string of the molecule is Cc1c(Cl)ccc2cc3c(N)[nH]nc3nc12. The molecule has 0 unspecified atom stereocenters. The Kier molecular flexibility index (Phi) is 1.82. The van der Waals surface area contributed by atoms with Crippen LogP contribution in [0.4, 0.5) is 5.82 Å². The van der Waals surface area contributed by atoms with Crippen molar-refractivity contribution in [2.75, 3.05) is 5.73 Å². The van der Waals surface area contributed by atoms with Crippen molar-refractivity contribution in [1.82, 2.24) is 15.2 Å². The van der Waals surface area contributed by atoms with E-state index in [0.29, 0.717) is 16.5 Å². The van der Waals surface area contributed by atoms with E-state index in [9.17, 15) is 0 Å². The summed E-state index contributed by atoms with van der Waals surface area (Å²) in [6.07, 6.45) is 0. The van der Waals surface area contributed by atoms with E-state index in [1.165, 1.54) is 0 Å². The van der Waals surface area contributed by atoms with Crippen LogP contribution in [0, 0.1) is 6.92 Å². The number of nitrogen functional groups attached to an aromatic ring is 1. The van der Waals surface area contributed by atoms with E-state index in [1.807, 2.05) is 25.1 Å². The van der Waals surface area contributed by atoms with E-state index in [0.717, 1.165) is 21.9 Å². The molecule has 0 atom stereocenters. The Morgan fingerprint density at radius 1 is 1.38 bits per heavy atom. The zero-order valence-corrected chi connectivity index (χ0v) is 9.34. The van der Waals surface area contributed by atoms with Crippen LogP contribution >= 0.6 is 11.6 Å². The number of nitrogens with two attached hydrogens (primary N) is 1. The molecule has 0 fully saturated rings. The molecule has 0 saturated carbocycles. The number of aromatic amines is 1. The summed E-state index contributed by atoms with van der Waals surface area (Å²) < 4.78 is 0. The molecule has 3 aromatic rings. The fraction of sp³-hybridized carbons (Fsp3) is 0.0909. The standard InChI is InChI=1S/C11H9ClN4/c1-5-8(12)3-2-6-4-7-10(13)15-16-11(7)14-9(5)6/h2-4H,1H3,(H3,13,14,15,16). The number of pyridine rings is 1. The van der Waals surface area contributed by atoms with Gasteiger partial charge in [-0.3, -0.25) is 5.10 Å². The van der Waals surface area contributed by atoms with Gasteiger partial charge in [0.2, 0.25) is 0 Å². The van der Waals surface area contributed by atoms with Crippen LogP contribution in [0.25, 0.3) is 21.9 Å². The zero-order chi connectivity index (χ0) is 11.3. The molecule has 0 aliphatic carbocycles. The number of aromatic nitrogens is 3. The number of halogens is 1. The Bertz CT molecular complexity index is 702. The second kappa shape index (κ2) is 3.09. The first-order chi connectivity index (χ1) is 7.66. The summed E-state index contributed by atoms with van der Waals surface area (Å²) in [5.74, 6) is 0.539. The van der Waals surface area contributed by atoms with Gasteiger partial charge in [-0.05, 0) is 24.6 Å². The minimum absolute atomic E-state index is 0.539. The van der Waals surface area contributed by atoms with Gasteiger partial charge in [0.1, 0.15) is 5.82 Å². The number of nitrogens with zero attached hydrogens (tertiary/aromatic N) is 2. The van der Waals surface area contributed by atoms with Gasteiger partial charge in [0.25, 0.3) is 0 Å². The van der Waals surface area contributed by atoms with Crippen molar-refractivity contribution in [1.29, 1.82) is 0 Å². The Morgan fingerprint density at radius 3 is 3.00 bits per heavy atom. The lowest BCUT2D eigenvalue weighted by Crippen LogP contribution is -1.87. The summed E-state index contributed by atoms with van der Waals surface area (Å²) >= 11 is 6.05. The van der Waals surface area contributed by atoms with Crippen LogP contribution in [0.2, 0.25) is 5.02 Å². The lowest BCUT2D eigenvalue weighted by molar-refractivity contribution is 1.11. The molecule has 0 aliphatic heterocycles. The highest BCUT2D eigenvalue weighted by atomic mass is 35.5. The molecule has 4 nitrogen and oxygen atoms in total. The summed E-state index contributed by atoms with van der Waals surface area (Å²) in [6.45, 7) is 1.94. The van der Waals surface area contributed by atoms with Crippen LogP contribution in [0.15, 0.2) is 18.2 Å². The Morgan fingerprint density at radius 2 is 2.19 bits per heavy atom. The summed E-state index contributed by atoms with van der Waals surface area (Å²) in [6, 6.07) is 5.77. The first-order valence-corrected chi connectivity index (χ1v) is 5.24. The molecular formula is C11H9ClN4. The van der Waals surface area contributed by atoms with Crippen molar-refractivity contribution in [3.63, 3.8) is 0 Å². The molecular weight excluding hydrogens is 224 g/mol. The third-order valence-electron chi connectivity index (χ3n) is 2.73. The Balaban J connectivity index is 2.53. The van der Waals surface area contributed by atoms with Crippen LogP contribution in [0.3, 0.4) is 0 Å². The van der Waals surface area contributed by atoms with E-state index in [2.05, 4.69) is 15.2 Å². The fourth-order valence-corrected chi connectivity index (χ4v) is 1.96.